The van der Waals surface area contributed by atoms with Gasteiger partial charge in [0, 0.05) is 12.1 Å². The SMILES string of the molecule is COc1cc(/C=C/C(=O)NC2C3CC4CC(C3)CC2C4)ccc1OC(F)F. The van der Waals surface area contributed by atoms with Crippen molar-refractivity contribution in [2.45, 2.75) is 44.8 Å². The number of methoxy groups -OCH3 is 1. The number of carbonyl (C=O) groups is 1. The van der Waals surface area contributed by atoms with Crippen LogP contribution in [0.1, 0.15) is 37.7 Å². The molecule has 146 valence electrons. The van der Waals surface area contributed by atoms with Gasteiger partial charge < -0.3 is 14.8 Å². The Morgan fingerprint density at radius 3 is 2.37 bits per heavy atom. The Balaban J connectivity index is 1.39. The fourth-order valence-electron chi connectivity index (χ4n) is 5.53. The molecule has 4 aliphatic carbocycles. The highest BCUT2D eigenvalue weighted by Crippen LogP contribution is 2.53. The molecule has 1 aromatic rings. The van der Waals surface area contributed by atoms with Crippen LogP contribution >= 0.6 is 0 Å². The summed E-state index contributed by atoms with van der Waals surface area (Å²) < 4.78 is 34.3. The molecule has 0 saturated heterocycles. The third-order valence-electron chi connectivity index (χ3n) is 6.37. The molecule has 4 saturated carbocycles. The molecule has 0 spiro atoms. The van der Waals surface area contributed by atoms with Gasteiger partial charge in [-0.3, -0.25) is 4.79 Å². The van der Waals surface area contributed by atoms with Crippen LogP contribution in [0.15, 0.2) is 24.3 Å². The van der Waals surface area contributed by atoms with Gasteiger partial charge in [-0.2, -0.15) is 8.78 Å². The monoisotopic (exact) mass is 377 g/mol. The van der Waals surface area contributed by atoms with E-state index in [1.807, 2.05) is 0 Å². The fourth-order valence-corrected chi connectivity index (χ4v) is 5.53. The highest BCUT2D eigenvalue weighted by Gasteiger charge is 2.48. The van der Waals surface area contributed by atoms with E-state index in [1.165, 1.54) is 51.4 Å². The molecule has 1 aromatic carbocycles. The molecule has 1 amide bonds. The molecular weight excluding hydrogens is 352 g/mol. The summed E-state index contributed by atoms with van der Waals surface area (Å²) in [4.78, 5) is 12.4. The van der Waals surface area contributed by atoms with Gasteiger partial charge in [0.05, 0.1) is 7.11 Å². The Morgan fingerprint density at radius 2 is 1.78 bits per heavy atom. The number of benzene rings is 1. The summed E-state index contributed by atoms with van der Waals surface area (Å²) in [5.74, 6) is 3.09. The lowest BCUT2D eigenvalue weighted by atomic mass is 9.54. The Labute approximate surface area is 157 Å². The van der Waals surface area contributed by atoms with Gasteiger partial charge in [-0.05, 0) is 79.5 Å². The summed E-state index contributed by atoms with van der Waals surface area (Å²) >= 11 is 0. The molecule has 6 heteroatoms. The molecule has 4 bridgehead atoms. The molecule has 4 nitrogen and oxygen atoms in total. The molecule has 5 rings (SSSR count). The summed E-state index contributed by atoms with van der Waals surface area (Å²) in [7, 11) is 1.39. The normalized spacial score (nSPS) is 31.5. The van der Waals surface area contributed by atoms with Crippen LogP contribution in [-0.4, -0.2) is 25.7 Å². The van der Waals surface area contributed by atoms with Crippen molar-refractivity contribution in [3.8, 4) is 11.5 Å². The van der Waals surface area contributed by atoms with E-state index in [4.69, 9.17) is 4.74 Å². The maximum absolute atomic E-state index is 12.4. The molecule has 0 unspecified atom stereocenters. The van der Waals surface area contributed by atoms with E-state index in [0.717, 1.165) is 11.8 Å². The highest BCUT2D eigenvalue weighted by molar-refractivity contribution is 5.92. The second-order valence-corrected chi connectivity index (χ2v) is 8.09. The van der Waals surface area contributed by atoms with Gasteiger partial charge >= 0.3 is 6.61 Å². The summed E-state index contributed by atoms with van der Waals surface area (Å²) in [6.45, 7) is -2.91. The molecule has 0 aliphatic heterocycles. The Kier molecular flexibility index (Phi) is 5.06. The summed E-state index contributed by atoms with van der Waals surface area (Å²) in [5, 5.41) is 3.22. The van der Waals surface area contributed by atoms with Crippen molar-refractivity contribution in [1.29, 1.82) is 0 Å². The summed E-state index contributed by atoms with van der Waals surface area (Å²) in [5.41, 5.74) is 0.689. The molecule has 0 radical (unpaired) electrons. The van der Waals surface area contributed by atoms with Crippen molar-refractivity contribution < 1.29 is 23.0 Å². The van der Waals surface area contributed by atoms with Gasteiger partial charge in [0.25, 0.3) is 0 Å². The number of hydrogen-bond acceptors (Lipinski definition) is 3. The quantitative estimate of drug-likeness (QED) is 0.754. The van der Waals surface area contributed by atoms with E-state index in [9.17, 15) is 13.6 Å². The average Bonchev–Trinajstić information content (AvgIpc) is 2.63. The highest BCUT2D eigenvalue weighted by atomic mass is 19.3. The van der Waals surface area contributed by atoms with Crippen molar-refractivity contribution >= 4 is 12.0 Å². The van der Waals surface area contributed by atoms with Crippen molar-refractivity contribution in [1.82, 2.24) is 5.32 Å². The van der Waals surface area contributed by atoms with Gasteiger partial charge in [-0.25, -0.2) is 0 Å². The predicted molar refractivity (Wildman–Crippen MR) is 97.6 cm³/mol. The Bertz CT molecular complexity index is 706. The molecule has 0 heterocycles. The van der Waals surface area contributed by atoms with E-state index in [2.05, 4.69) is 10.1 Å². The van der Waals surface area contributed by atoms with Crippen molar-refractivity contribution in [2.75, 3.05) is 7.11 Å². The third kappa shape index (κ3) is 3.94. The Hall–Kier alpha value is -2.11. The van der Waals surface area contributed by atoms with Crippen LogP contribution in [0.4, 0.5) is 8.78 Å². The maximum Gasteiger partial charge on any atom is 0.387 e. The van der Waals surface area contributed by atoms with Crippen LogP contribution in [0.25, 0.3) is 6.08 Å². The molecule has 0 aromatic heterocycles. The summed E-state index contributed by atoms with van der Waals surface area (Å²) in [6, 6.07) is 4.91. The van der Waals surface area contributed by atoms with E-state index >= 15 is 0 Å². The molecular formula is C21H25F2NO3. The number of carbonyl (C=O) groups excluding carboxylic acids is 1. The first-order chi connectivity index (χ1) is 13.0. The largest absolute Gasteiger partial charge is 0.493 e. The third-order valence-corrected chi connectivity index (χ3v) is 6.37. The lowest BCUT2D eigenvalue weighted by Gasteiger charge is -2.54. The van der Waals surface area contributed by atoms with Gasteiger partial charge in [0.2, 0.25) is 5.91 Å². The van der Waals surface area contributed by atoms with Crippen LogP contribution in [0, 0.1) is 23.7 Å². The molecule has 1 N–H and O–H groups in total. The molecule has 4 aliphatic rings. The maximum atomic E-state index is 12.4. The van der Waals surface area contributed by atoms with Gasteiger partial charge in [0.1, 0.15) is 0 Å². The number of hydrogen-bond donors (Lipinski definition) is 1. The fraction of sp³-hybridized carbons (Fsp3) is 0.571. The lowest BCUT2D eigenvalue weighted by Crippen LogP contribution is -2.55. The van der Waals surface area contributed by atoms with Crippen molar-refractivity contribution in [3.63, 3.8) is 0 Å². The van der Waals surface area contributed by atoms with E-state index in [0.29, 0.717) is 23.4 Å². The van der Waals surface area contributed by atoms with Gasteiger partial charge in [-0.1, -0.05) is 6.07 Å². The second-order valence-electron chi connectivity index (χ2n) is 8.09. The number of ether oxygens (including phenoxy) is 2. The number of rotatable bonds is 6. The second kappa shape index (κ2) is 7.49. The zero-order chi connectivity index (χ0) is 19.0. The number of nitrogens with one attached hydrogen (secondary N) is 1. The zero-order valence-corrected chi connectivity index (χ0v) is 15.4. The topological polar surface area (TPSA) is 47.6 Å². The van der Waals surface area contributed by atoms with Crippen molar-refractivity contribution in [2.24, 2.45) is 23.7 Å². The first-order valence-electron chi connectivity index (χ1n) is 9.63. The standard InChI is InChI=1S/C21H25F2NO3/c1-26-18-11-12(2-4-17(18)27-21(22)23)3-5-19(25)24-20-15-7-13-6-14(9-15)10-16(20)8-13/h2-5,11,13-16,20-21H,6-10H2,1H3,(H,24,25)/b5-3+. The number of alkyl halides is 2. The minimum atomic E-state index is -2.91. The van der Waals surface area contributed by atoms with Crippen LogP contribution in [0.5, 0.6) is 11.5 Å². The molecule has 4 fully saturated rings. The van der Waals surface area contributed by atoms with Crippen LogP contribution in [-0.2, 0) is 4.79 Å². The molecule has 27 heavy (non-hydrogen) atoms. The number of amides is 1. The number of halogens is 2. The van der Waals surface area contributed by atoms with Crippen LogP contribution in [0.2, 0.25) is 0 Å². The average molecular weight is 377 g/mol. The smallest absolute Gasteiger partial charge is 0.387 e. The van der Waals surface area contributed by atoms with Gasteiger partial charge in [0.15, 0.2) is 11.5 Å². The lowest BCUT2D eigenvalue weighted by molar-refractivity contribution is -0.120. The zero-order valence-electron chi connectivity index (χ0n) is 15.4. The van der Waals surface area contributed by atoms with Crippen LogP contribution in [0.3, 0.4) is 0 Å². The minimum Gasteiger partial charge on any atom is -0.493 e. The van der Waals surface area contributed by atoms with Gasteiger partial charge in [-0.15, -0.1) is 0 Å². The van der Waals surface area contributed by atoms with E-state index < -0.39 is 6.61 Å². The molecule has 0 atom stereocenters. The minimum absolute atomic E-state index is 0.0253. The van der Waals surface area contributed by atoms with Crippen molar-refractivity contribution in [3.05, 3.63) is 29.8 Å². The van der Waals surface area contributed by atoms with Crippen LogP contribution < -0.4 is 14.8 Å². The first kappa shape index (κ1) is 18.3. The van der Waals surface area contributed by atoms with E-state index in [-0.39, 0.29) is 17.4 Å². The predicted octanol–water partition coefficient (Wildman–Crippen LogP) is 4.25. The van der Waals surface area contributed by atoms with E-state index in [1.54, 1.807) is 18.2 Å². The summed E-state index contributed by atoms with van der Waals surface area (Å²) in [6.07, 6.45) is 9.58. The first-order valence-corrected chi connectivity index (χ1v) is 9.63. The Morgan fingerprint density at radius 1 is 1.11 bits per heavy atom.